The van der Waals surface area contributed by atoms with Crippen LogP contribution >= 0.6 is 0 Å². The fourth-order valence-corrected chi connectivity index (χ4v) is 4.75. The lowest BCUT2D eigenvalue weighted by Gasteiger charge is -2.27. The molecular weight excluding hydrogens is 458 g/mol. The van der Waals surface area contributed by atoms with E-state index >= 15 is 0 Å². The van der Waals surface area contributed by atoms with Crippen molar-refractivity contribution in [2.75, 3.05) is 38.1 Å². The number of hydrogen-bond donors (Lipinski definition) is 3. The van der Waals surface area contributed by atoms with Crippen molar-refractivity contribution >= 4 is 17.7 Å². The summed E-state index contributed by atoms with van der Waals surface area (Å²) in [5, 5.41) is 15.8. The molecule has 1 amide bonds. The van der Waals surface area contributed by atoms with Crippen LogP contribution in [0.3, 0.4) is 0 Å². The van der Waals surface area contributed by atoms with E-state index in [9.17, 15) is 14.7 Å². The van der Waals surface area contributed by atoms with Crippen molar-refractivity contribution in [2.24, 2.45) is 0 Å². The number of aromatic nitrogens is 2. The molecule has 3 N–H and O–H groups in total. The fraction of sp³-hybridized carbons (Fsp3) is 0.556. The smallest absolute Gasteiger partial charge is 0.326 e. The zero-order chi connectivity index (χ0) is 25.5. The van der Waals surface area contributed by atoms with Crippen LogP contribution in [0.5, 0.6) is 0 Å². The number of carbonyl (C=O) groups is 2. The van der Waals surface area contributed by atoms with E-state index in [2.05, 4.69) is 32.7 Å². The van der Waals surface area contributed by atoms with Crippen molar-refractivity contribution in [1.82, 2.24) is 20.2 Å². The molecule has 194 valence electrons. The van der Waals surface area contributed by atoms with Crippen LogP contribution < -0.4 is 10.6 Å². The van der Waals surface area contributed by atoms with E-state index in [1.165, 1.54) is 5.56 Å². The van der Waals surface area contributed by atoms with Gasteiger partial charge in [-0.3, -0.25) is 9.78 Å². The third-order valence-corrected chi connectivity index (χ3v) is 7.18. The van der Waals surface area contributed by atoms with Crippen LogP contribution in [0.2, 0.25) is 0 Å². The first kappa shape index (κ1) is 26.0. The molecule has 4 rings (SSSR count). The minimum atomic E-state index is -1.02. The van der Waals surface area contributed by atoms with Crippen LogP contribution in [0.15, 0.2) is 36.7 Å². The summed E-state index contributed by atoms with van der Waals surface area (Å²) in [5.41, 5.74) is 2.19. The highest BCUT2D eigenvalue weighted by atomic mass is 16.5. The number of ether oxygens (including phenoxy) is 1. The molecule has 4 heterocycles. The highest BCUT2D eigenvalue weighted by Crippen LogP contribution is 2.23. The maximum atomic E-state index is 12.9. The van der Waals surface area contributed by atoms with Gasteiger partial charge in [0.25, 0.3) is 0 Å². The van der Waals surface area contributed by atoms with E-state index in [1.807, 2.05) is 6.07 Å². The molecule has 1 fully saturated rings. The third kappa shape index (κ3) is 6.59. The Morgan fingerprint density at radius 2 is 2.19 bits per heavy atom. The maximum Gasteiger partial charge on any atom is 0.326 e. The molecular formula is C27H37N5O4. The Labute approximate surface area is 212 Å². The number of carbonyl (C=O) groups excluding carboxylic acids is 1. The number of likely N-dealkylation sites (tertiary alicyclic amines) is 1. The van der Waals surface area contributed by atoms with E-state index in [0.717, 1.165) is 62.4 Å². The molecule has 0 saturated carbocycles. The number of rotatable bonds is 11. The Balaban J connectivity index is 1.20. The predicted molar refractivity (Wildman–Crippen MR) is 137 cm³/mol. The van der Waals surface area contributed by atoms with Crippen LogP contribution in [-0.4, -0.2) is 76.8 Å². The molecule has 2 aromatic rings. The summed E-state index contributed by atoms with van der Waals surface area (Å²) < 4.78 is 6.10. The van der Waals surface area contributed by atoms with Gasteiger partial charge in [-0.2, -0.15) is 0 Å². The molecule has 0 aliphatic carbocycles. The van der Waals surface area contributed by atoms with Gasteiger partial charge in [0.2, 0.25) is 5.91 Å². The molecule has 2 atom stereocenters. The normalized spacial score (nSPS) is 18.8. The van der Waals surface area contributed by atoms with Crippen LogP contribution in [0.4, 0.5) is 5.82 Å². The number of nitrogens with zero attached hydrogens (tertiary/aromatic N) is 3. The minimum Gasteiger partial charge on any atom is -0.480 e. The highest BCUT2D eigenvalue weighted by molar-refractivity contribution is 5.90. The zero-order valence-corrected chi connectivity index (χ0v) is 21.2. The Bertz CT molecular complexity index is 1050. The molecule has 9 heteroatoms. The maximum absolute atomic E-state index is 12.9. The lowest BCUT2D eigenvalue weighted by Crippen LogP contribution is -2.49. The quantitative estimate of drug-likeness (QED) is 0.435. The van der Waals surface area contributed by atoms with E-state index in [1.54, 1.807) is 32.3 Å². The number of carboxylic acids is 1. The first-order valence-corrected chi connectivity index (χ1v) is 12.8. The Kier molecular flexibility index (Phi) is 8.53. The Morgan fingerprint density at radius 1 is 1.33 bits per heavy atom. The van der Waals surface area contributed by atoms with Gasteiger partial charge in [-0.25, -0.2) is 9.78 Å². The number of nitrogens with one attached hydrogen (secondary N) is 2. The van der Waals surface area contributed by atoms with E-state index in [4.69, 9.17) is 9.72 Å². The van der Waals surface area contributed by atoms with Crippen LogP contribution in [0.1, 0.15) is 49.9 Å². The minimum absolute atomic E-state index is 0.128. The summed E-state index contributed by atoms with van der Waals surface area (Å²) in [6, 6.07) is 6.90. The van der Waals surface area contributed by atoms with Crippen molar-refractivity contribution in [1.29, 1.82) is 0 Å². The van der Waals surface area contributed by atoms with E-state index in [-0.39, 0.29) is 12.0 Å². The standard InChI is InChI=1S/C27H37N5O4/c1-27(2,20-6-4-12-28-17-20)26(35)31-23(25(33)34)10-15-32-14-9-22(18-32)36-16-11-21-8-7-19-5-3-13-29-24(19)30-21/h4,6-8,12,17,22-23H,3,5,9-11,13-16,18H2,1-2H3,(H,29,30)(H,31,35)(H,33,34)/t22-,23?/m1/s1. The van der Waals surface area contributed by atoms with Gasteiger partial charge in [0.15, 0.2) is 0 Å². The van der Waals surface area contributed by atoms with Gasteiger partial charge in [-0.1, -0.05) is 12.1 Å². The lowest BCUT2D eigenvalue weighted by atomic mass is 9.84. The zero-order valence-electron chi connectivity index (χ0n) is 21.2. The molecule has 0 bridgehead atoms. The Hall–Kier alpha value is -3.04. The molecule has 0 spiro atoms. The summed E-state index contributed by atoms with van der Waals surface area (Å²) in [5.74, 6) is -0.337. The Morgan fingerprint density at radius 3 is 2.97 bits per heavy atom. The molecule has 2 aromatic heterocycles. The number of aliphatic carboxylic acids is 1. The number of aryl methyl sites for hydroxylation is 1. The highest BCUT2D eigenvalue weighted by Gasteiger charge is 2.33. The lowest BCUT2D eigenvalue weighted by molar-refractivity contribution is -0.142. The second-order valence-electron chi connectivity index (χ2n) is 10.2. The molecule has 0 radical (unpaired) electrons. The van der Waals surface area contributed by atoms with Crippen LogP contribution in [0, 0.1) is 0 Å². The van der Waals surface area contributed by atoms with E-state index in [0.29, 0.717) is 19.6 Å². The first-order valence-electron chi connectivity index (χ1n) is 12.8. The number of anilines is 1. The van der Waals surface area contributed by atoms with Crippen molar-refractivity contribution in [3.63, 3.8) is 0 Å². The molecule has 1 unspecified atom stereocenters. The monoisotopic (exact) mass is 495 g/mol. The molecule has 36 heavy (non-hydrogen) atoms. The molecule has 2 aliphatic heterocycles. The topological polar surface area (TPSA) is 117 Å². The molecule has 0 aromatic carbocycles. The summed E-state index contributed by atoms with van der Waals surface area (Å²) in [6.45, 7) is 7.35. The average Bonchev–Trinajstić information content (AvgIpc) is 3.34. The van der Waals surface area contributed by atoms with Gasteiger partial charge < -0.3 is 25.4 Å². The van der Waals surface area contributed by atoms with Crippen LogP contribution in [-0.2, 0) is 32.6 Å². The summed E-state index contributed by atoms with van der Waals surface area (Å²) in [7, 11) is 0. The predicted octanol–water partition coefficient (Wildman–Crippen LogP) is 2.41. The molecule has 2 aliphatic rings. The van der Waals surface area contributed by atoms with Gasteiger partial charge in [0.05, 0.1) is 18.1 Å². The van der Waals surface area contributed by atoms with Crippen molar-refractivity contribution in [3.05, 3.63) is 53.5 Å². The van der Waals surface area contributed by atoms with Crippen molar-refractivity contribution in [2.45, 2.75) is 63.5 Å². The first-order chi connectivity index (χ1) is 17.3. The number of hydrogen-bond acceptors (Lipinski definition) is 7. The van der Waals surface area contributed by atoms with Gasteiger partial charge in [-0.05, 0) is 62.8 Å². The third-order valence-electron chi connectivity index (χ3n) is 7.18. The number of carboxylic acid groups (broad SMARTS) is 1. The fourth-order valence-electron chi connectivity index (χ4n) is 4.75. The second-order valence-corrected chi connectivity index (χ2v) is 10.2. The average molecular weight is 496 g/mol. The van der Waals surface area contributed by atoms with E-state index < -0.39 is 17.4 Å². The summed E-state index contributed by atoms with van der Waals surface area (Å²) >= 11 is 0. The van der Waals surface area contributed by atoms with Gasteiger partial charge >= 0.3 is 5.97 Å². The SMILES string of the molecule is CC(C)(C(=O)NC(CCN1CC[C@@H](OCCc2ccc3c(n2)NCCC3)C1)C(=O)O)c1cccnc1. The number of pyridine rings is 2. The summed E-state index contributed by atoms with van der Waals surface area (Å²) in [6.07, 6.45) is 7.66. The second kappa shape index (κ2) is 11.8. The van der Waals surface area contributed by atoms with Crippen LogP contribution in [0.25, 0.3) is 0 Å². The number of fused-ring (bicyclic) bond motifs is 1. The number of amides is 1. The largest absolute Gasteiger partial charge is 0.480 e. The van der Waals surface area contributed by atoms with Gasteiger partial charge in [0.1, 0.15) is 11.9 Å². The van der Waals surface area contributed by atoms with Gasteiger partial charge in [0, 0.05) is 50.7 Å². The summed E-state index contributed by atoms with van der Waals surface area (Å²) in [4.78, 5) is 35.8. The van der Waals surface area contributed by atoms with Gasteiger partial charge in [-0.15, -0.1) is 0 Å². The molecule has 9 nitrogen and oxygen atoms in total. The van der Waals surface area contributed by atoms with Crippen molar-refractivity contribution < 1.29 is 19.4 Å². The molecule has 1 saturated heterocycles. The van der Waals surface area contributed by atoms with Crippen molar-refractivity contribution in [3.8, 4) is 0 Å².